The summed E-state index contributed by atoms with van der Waals surface area (Å²) in [7, 11) is 3.18. The van der Waals surface area contributed by atoms with Crippen molar-refractivity contribution in [1.29, 1.82) is 0 Å². The van der Waals surface area contributed by atoms with Crippen molar-refractivity contribution in [1.82, 2.24) is 19.3 Å². The lowest BCUT2D eigenvalue weighted by atomic mass is 10.1. The quantitative estimate of drug-likeness (QED) is 0.114. The Morgan fingerprint density at radius 3 is 1.93 bits per heavy atom. The van der Waals surface area contributed by atoms with Crippen LogP contribution in [0.5, 0.6) is 11.5 Å². The molecule has 230 valence electrons. The monoisotopic (exact) mass is 628 g/mol. The number of nitrogens with zero attached hydrogens (tertiary/aromatic N) is 4. The predicted octanol–water partition coefficient (Wildman–Crippen LogP) is 8.32. The number of carboxylic acids is 1. The second kappa shape index (κ2) is 13.6. The van der Waals surface area contributed by atoms with Crippen LogP contribution in [0.25, 0.3) is 45.7 Å². The van der Waals surface area contributed by atoms with Gasteiger partial charge >= 0.3 is 5.97 Å². The van der Waals surface area contributed by atoms with Crippen LogP contribution in [0.3, 0.4) is 0 Å². The van der Waals surface area contributed by atoms with Crippen LogP contribution < -0.4 is 9.47 Å². The molecule has 0 unspecified atom stereocenters. The number of ether oxygens (including phenoxy) is 2. The first-order valence-electron chi connectivity index (χ1n) is 14.7. The fraction of sp³-hybridized carbons (Fsp3) is 0.108. The first-order chi connectivity index (χ1) is 22.5. The van der Waals surface area contributed by atoms with E-state index in [-0.39, 0.29) is 4.91 Å². The fourth-order valence-electron chi connectivity index (χ4n) is 5.37. The average molecular weight is 629 g/mol. The highest BCUT2D eigenvalue weighted by atomic mass is 32.2. The lowest BCUT2D eigenvalue weighted by Gasteiger charge is -2.15. The van der Waals surface area contributed by atoms with E-state index >= 15 is 0 Å². The van der Waals surface area contributed by atoms with Crippen LogP contribution in [0.2, 0.25) is 0 Å². The maximum atomic E-state index is 12.8. The molecule has 2 aromatic heterocycles. The van der Waals surface area contributed by atoms with E-state index in [9.17, 15) is 9.90 Å². The molecule has 0 saturated carbocycles. The minimum atomic E-state index is -1.06. The van der Waals surface area contributed by atoms with Crippen LogP contribution in [0.1, 0.15) is 12.5 Å². The number of hydrogen-bond acceptors (Lipinski definition) is 6. The number of aliphatic carboxylic acids is 1. The van der Waals surface area contributed by atoms with E-state index in [1.54, 1.807) is 26.4 Å². The zero-order valence-corrected chi connectivity index (χ0v) is 26.4. The van der Waals surface area contributed by atoms with Crippen molar-refractivity contribution in [2.75, 3.05) is 14.2 Å². The lowest BCUT2D eigenvalue weighted by Crippen LogP contribution is -2.03. The number of carbonyl (C=O) groups is 1. The third-order valence-electron chi connectivity index (χ3n) is 7.50. The zero-order chi connectivity index (χ0) is 32.0. The number of methoxy groups -OCH3 is 2. The molecule has 9 heteroatoms. The summed E-state index contributed by atoms with van der Waals surface area (Å²) >= 11 is 1.07. The van der Waals surface area contributed by atoms with Gasteiger partial charge < -0.3 is 23.7 Å². The molecule has 0 amide bonds. The van der Waals surface area contributed by atoms with Gasteiger partial charge in [0.2, 0.25) is 0 Å². The second-order valence-electron chi connectivity index (χ2n) is 10.3. The normalized spacial score (nSPS) is 11.4. The SMILES string of the molecule is CCn1c(S/C(=C\c2cc(-c3ccccc3)n(-c3ccccc3)c2-c2ccccc2)C(=O)O)nnc1-c1cc(OC)cc(OC)c1. The van der Waals surface area contributed by atoms with Crippen LogP contribution in [0, 0.1) is 0 Å². The van der Waals surface area contributed by atoms with Gasteiger partial charge in [-0.05, 0) is 66.2 Å². The lowest BCUT2D eigenvalue weighted by molar-refractivity contribution is -0.131. The highest BCUT2D eigenvalue weighted by molar-refractivity contribution is 8.04. The number of aromatic nitrogens is 4. The first kappa shape index (κ1) is 30.5. The Hall–Kier alpha value is -5.54. The van der Waals surface area contributed by atoms with Crippen LogP contribution in [-0.2, 0) is 11.3 Å². The Balaban J connectivity index is 1.51. The molecule has 0 aliphatic rings. The van der Waals surface area contributed by atoms with Crippen molar-refractivity contribution in [3.05, 3.63) is 126 Å². The van der Waals surface area contributed by atoms with Gasteiger partial charge in [-0.1, -0.05) is 78.9 Å². The molecule has 2 heterocycles. The van der Waals surface area contributed by atoms with Gasteiger partial charge in [0.25, 0.3) is 0 Å². The molecule has 6 aromatic rings. The standard InChI is InChI=1S/C37H32N4O4S/c1-4-40-35(28-20-30(44-2)24-31(21-28)45-3)38-39-37(40)46-33(36(42)43)23-27-22-32(25-14-8-5-9-15-25)41(29-18-12-7-13-19-29)34(27)26-16-10-6-11-17-26/h5-24H,4H2,1-3H3,(H,42,43)/b33-23-. The van der Waals surface area contributed by atoms with Gasteiger partial charge in [0, 0.05) is 29.4 Å². The van der Waals surface area contributed by atoms with Crippen LogP contribution in [0.4, 0.5) is 0 Å². The van der Waals surface area contributed by atoms with E-state index < -0.39 is 5.97 Å². The molecule has 0 aliphatic heterocycles. The number of para-hydroxylation sites is 1. The van der Waals surface area contributed by atoms with Crippen molar-refractivity contribution in [3.8, 4) is 51.1 Å². The summed E-state index contributed by atoms with van der Waals surface area (Å²) in [5.74, 6) is 0.753. The molecule has 1 N–H and O–H groups in total. The Kier molecular flexibility index (Phi) is 9.03. The molecule has 8 nitrogen and oxygen atoms in total. The van der Waals surface area contributed by atoms with Gasteiger partial charge in [0.1, 0.15) is 16.4 Å². The first-order valence-corrected chi connectivity index (χ1v) is 15.5. The summed E-state index contributed by atoms with van der Waals surface area (Å²) in [6, 6.07) is 37.7. The van der Waals surface area contributed by atoms with E-state index in [4.69, 9.17) is 9.47 Å². The topological polar surface area (TPSA) is 91.4 Å². The van der Waals surface area contributed by atoms with Gasteiger partial charge in [0.05, 0.1) is 25.6 Å². The molecule has 0 fully saturated rings. The minimum Gasteiger partial charge on any atom is -0.497 e. The van der Waals surface area contributed by atoms with E-state index in [1.165, 1.54) is 0 Å². The summed E-state index contributed by atoms with van der Waals surface area (Å²) in [5, 5.41) is 19.8. The van der Waals surface area contributed by atoms with Crippen molar-refractivity contribution in [2.24, 2.45) is 0 Å². The molecule has 0 radical (unpaired) electrons. The number of hydrogen-bond donors (Lipinski definition) is 1. The summed E-state index contributed by atoms with van der Waals surface area (Å²) in [6.07, 6.45) is 1.73. The Morgan fingerprint density at radius 1 is 0.783 bits per heavy atom. The molecular formula is C37H32N4O4S. The Morgan fingerprint density at radius 2 is 1.37 bits per heavy atom. The number of benzene rings is 4. The van der Waals surface area contributed by atoms with Crippen molar-refractivity contribution >= 4 is 23.8 Å². The highest BCUT2D eigenvalue weighted by Crippen LogP contribution is 2.39. The predicted molar refractivity (Wildman–Crippen MR) is 182 cm³/mol. The molecule has 6 rings (SSSR count). The molecule has 0 spiro atoms. The molecule has 46 heavy (non-hydrogen) atoms. The molecule has 0 bridgehead atoms. The van der Waals surface area contributed by atoms with Gasteiger partial charge in [0.15, 0.2) is 11.0 Å². The fourth-order valence-corrected chi connectivity index (χ4v) is 6.25. The number of carboxylic acid groups (broad SMARTS) is 1. The van der Waals surface area contributed by atoms with Gasteiger partial charge in [-0.2, -0.15) is 0 Å². The van der Waals surface area contributed by atoms with E-state index in [2.05, 4.69) is 39.0 Å². The smallest absolute Gasteiger partial charge is 0.342 e. The van der Waals surface area contributed by atoms with Crippen molar-refractivity contribution in [3.63, 3.8) is 0 Å². The summed E-state index contributed by atoms with van der Waals surface area (Å²) in [4.78, 5) is 13.0. The molecule has 4 aromatic carbocycles. The van der Waals surface area contributed by atoms with Gasteiger partial charge in [-0.15, -0.1) is 10.2 Å². The van der Waals surface area contributed by atoms with Gasteiger partial charge in [-0.25, -0.2) is 4.79 Å². The Labute approximate surface area is 271 Å². The number of rotatable bonds is 11. The van der Waals surface area contributed by atoms with Crippen molar-refractivity contribution in [2.45, 2.75) is 18.6 Å². The second-order valence-corrected chi connectivity index (χ2v) is 11.3. The maximum absolute atomic E-state index is 12.8. The van der Waals surface area contributed by atoms with Crippen LogP contribution in [-0.4, -0.2) is 44.6 Å². The largest absolute Gasteiger partial charge is 0.497 e. The minimum absolute atomic E-state index is 0.110. The van der Waals surface area contributed by atoms with Gasteiger partial charge in [-0.3, -0.25) is 0 Å². The molecule has 0 aliphatic carbocycles. The zero-order valence-electron chi connectivity index (χ0n) is 25.6. The Bertz CT molecular complexity index is 1980. The summed E-state index contributed by atoms with van der Waals surface area (Å²) < 4.78 is 15.0. The maximum Gasteiger partial charge on any atom is 0.342 e. The third-order valence-corrected chi connectivity index (χ3v) is 8.50. The van der Waals surface area contributed by atoms with Crippen molar-refractivity contribution < 1.29 is 19.4 Å². The van der Waals surface area contributed by atoms with Crippen LogP contribution in [0.15, 0.2) is 125 Å². The van der Waals surface area contributed by atoms with E-state index in [0.29, 0.717) is 29.0 Å². The highest BCUT2D eigenvalue weighted by Gasteiger charge is 2.23. The third kappa shape index (κ3) is 6.18. The van der Waals surface area contributed by atoms with Crippen LogP contribution >= 0.6 is 11.8 Å². The number of thioether (sulfide) groups is 1. The molecule has 0 saturated heterocycles. The average Bonchev–Trinajstić information content (AvgIpc) is 3.70. The summed E-state index contributed by atoms with van der Waals surface area (Å²) in [5.41, 5.74) is 6.27. The van der Waals surface area contributed by atoms with E-state index in [0.717, 1.165) is 51.1 Å². The summed E-state index contributed by atoms with van der Waals surface area (Å²) in [6.45, 7) is 2.49. The molecule has 0 atom stereocenters. The van der Waals surface area contributed by atoms with E-state index in [1.807, 2.05) is 96.4 Å². The molecular weight excluding hydrogens is 596 g/mol.